The zero-order valence-electron chi connectivity index (χ0n) is 18.3. The number of hydrogen-bond acceptors (Lipinski definition) is 5. The van der Waals surface area contributed by atoms with Crippen molar-refractivity contribution < 1.29 is 18.6 Å². The van der Waals surface area contributed by atoms with E-state index in [0.717, 1.165) is 37.9 Å². The second kappa shape index (κ2) is 14.7. The van der Waals surface area contributed by atoms with E-state index in [4.69, 9.17) is 14.2 Å². The summed E-state index contributed by atoms with van der Waals surface area (Å²) in [6.07, 6.45) is 10.4. The molecule has 1 aromatic carbocycles. The van der Waals surface area contributed by atoms with Crippen LogP contribution in [0, 0.1) is 0 Å². The lowest BCUT2D eigenvalue weighted by Crippen LogP contribution is -2.12. The van der Waals surface area contributed by atoms with Crippen molar-refractivity contribution in [3.05, 3.63) is 36.7 Å². The maximum Gasteiger partial charge on any atom is 0.159 e. The molecule has 0 aliphatic rings. The molecular formula is C24H35FN2O3. The van der Waals surface area contributed by atoms with E-state index >= 15 is 0 Å². The summed E-state index contributed by atoms with van der Waals surface area (Å²) in [7, 11) is 1.68. The first-order valence-corrected chi connectivity index (χ1v) is 11.0. The third kappa shape index (κ3) is 9.53. The van der Waals surface area contributed by atoms with E-state index in [1.807, 2.05) is 24.3 Å². The Labute approximate surface area is 180 Å². The van der Waals surface area contributed by atoms with Crippen LogP contribution in [-0.4, -0.2) is 43.1 Å². The average Bonchev–Trinajstić information content (AvgIpc) is 2.78. The average molecular weight is 419 g/mol. The topological polar surface area (TPSA) is 53.5 Å². The molecule has 0 saturated heterocycles. The van der Waals surface area contributed by atoms with Crippen LogP contribution in [0.2, 0.25) is 0 Å². The van der Waals surface area contributed by atoms with Crippen molar-refractivity contribution in [2.45, 2.75) is 64.5 Å². The normalized spacial score (nSPS) is 12.0. The molecule has 0 radical (unpaired) electrons. The van der Waals surface area contributed by atoms with E-state index in [0.29, 0.717) is 30.4 Å². The van der Waals surface area contributed by atoms with Crippen LogP contribution >= 0.6 is 0 Å². The van der Waals surface area contributed by atoms with Gasteiger partial charge in [0.05, 0.1) is 19.0 Å². The van der Waals surface area contributed by atoms with Gasteiger partial charge in [-0.2, -0.15) is 0 Å². The third-order valence-electron chi connectivity index (χ3n) is 4.80. The summed E-state index contributed by atoms with van der Waals surface area (Å²) in [4.78, 5) is 8.75. The van der Waals surface area contributed by atoms with Gasteiger partial charge in [-0.15, -0.1) is 0 Å². The Morgan fingerprint density at radius 3 is 2.23 bits per heavy atom. The SMILES string of the molecule is CCCCCCOc1cnc(-c2ccc(OCC(F)CCCCCOC)cc2)nc1. The highest BCUT2D eigenvalue weighted by Gasteiger charge is 2.08. The molecule has 5 nitrogen and oxygen atoms in total. The number of ether oxygens (including phenoxy) is 3. The maximum absolute atomic E-state index is 13.9. The minimum absolute atomic E-state index is 0.0738. The fourth-order valence-corrected chi connectivity index (χ4v) is 3.02. The molecule has 0 spiro atoms. The van der Waals surface area contributed by atoms with E-state index in [2.05, 4.69) is 16.9 Å². The van der Waals surface area contributed by atoms with Crippen molar-refractivity contribution in [2.75, 3.05) is 26.9 Å². The van der Waals surface area contributed by atoms with Gasteiger partial charge in [-0.25, -0.2) is 14.4 Å². The monoisotopic (exact) mass is 418 g/mol. The summed E-state index contributed by atoms with van der Waals surface area (Å²) in [5.74, 6) is 1.96. The minimum Gasteiger partial charge on any atom is -0.491 e. The van der Waals surface area contributed by atoms with Crippen LogP contribution in [0.3, 0.4) is 0 Å². The number of unbranched alkanes of at least 4 members (excludes halogenated alkanes) is 5. The Kier molecular flexibility index (Phi) is 11.8. The van der Waals surface area contributed by atoms with Crippen LogP contribution in [0.5, 0.6) is 11.5 Å². The largest absolute Gasteiger partial charge is 0.491 e. The molecule has 1 unspecified atom stereocenters. The Balaban J connectivity index is 1.71. The highest BCUT2D eigenvalue weighted by molar-refractivity contribution is 5.56. The lowest BCUT2D eigenvalue weighted by Gasteiger charge is -2.11. The van der Waals surface area contributed by atoms with Gasteiger partial charge in [-0.3, -0.25) is 0 Å². The summed E-state index contributed by atoms with van der Waals surface area (Å²) in [6.45, 7) is 3.69. The van der Waals surface area contributed by atoms with Crippen LogP contribution in [0.4, 0.5) is 4.39 Å². The second-order valence-electron chi connectivity index (χ2n) is 7.43. The van der Waals surface area contributed by atoms with Gasteiger partial charge < -0.3 is 14.2 Å². The van der Waals surface area contributed by atoms with Crippen LogP contribution in [-0.2, 0) is 4.74 Å². The summed E-state index contributed by atoms with van der Waals surface area (Å²) in [5, 5.41) is 0. The van der Waals surface area contributed by atoms with Crippen LogP contribution in [0.15, 0.2) is 36.7 Å². The van der Waals surface area contributed by atoms with Gasteiger partial charge >= 0.3 is 0 Å². The van der Waals surface area contributed by atoms with E-state index in [1.54, 1.807) is 19.5 Å². The highest BCUT2D eigenvalue weighted by Crippen LogP contribution is 2.21. The van der Waals surface area contributed by atoms with Gasteiger partial charge in [-0.1, -0.05) is 39.0 Å². The number of alkyl halides is 1. The summed E-state index contributed by atoms with van der Waals surface area (Å²) < 4.78 is 30.2. The summed E-state index contributed by atoms with van der Waals surface area (Å²) in [5.41, 5.74) is 0.881. The molecule has 1 heterocycles. The molecular weight excluding hydrogens is 383 g/mol. The van der Waals surface area contributed by atoms with Crippen molar-refractivity contribution in [1.82, 2.24) is 9.97 Å². The van der Waals surface area contributed by atoms with Crippen LogP contribution in [0.1, 0.15) is 58.3 Å². The first kappa shape index (κ1) is 24.1. The fourth-order valence-electron chi connectivity index (χ4n) is 3.02. The van der Waals surface area contributed by atoms with E-state index in [1.165, 1.54) is 19.3 Å². The fraction of sp³-hybridized carbons (Fsp3) is 0.583. The highest BCUT2D eigenvalue weighted by atomic mass is 19.1. The molecule has 2 aromatic rings. The number of aromatic nitrogens is 2. The lowest BCUT2D eigenvalue weighted by molar-refractivity contribution is 0.175. The molecule has 166 valence electrons. The van der Waals surface area contributed by atoms with Crippen molar-refractivity contribution in [3.63, 3.8) is 0 Å². The quantitative estimate of drug-likeness (QED) is 0.312. The Morgan fingerprint density at radius 1 is 0.833 bits per heavy atom. The summed E-state index contributed by atoms with van der Waals surface area (Å²) in [6, 6.07) is 7.41. The minimum atomic E-state index is -0.954. The Hall–Kier alpha value is -2.21. The molecule has 0 saturated carbocycles. The van der Waals surface area contributed by atoms with Gasteiger partial charge in [0.25, 0.3) is 0 Å². The summed E-state index contributed by atoms with van der Waals surface area (Å²) >= 11 is 0. The molecule has 0 aliphatic heterocycles. The first-order chi connectivity index (χ1) is 14.7. The van der Waals surface area contributed by atoms with Crippen molar-refractivity contribution in [3.8, 4) is 22.9 Å². The first-order valence-electron chi connectivity index (χ1n) is 11.0. The number of benzene rings is 1. The Bertz CT molecular complexity index is 680. The standard InChI is InChI=1S/C24H35FN2O3/c1-3-4-5-9-16-29-23-17-26-24(27-18-23)20-11-13-22(14-12-20)30-19-21(25)10-7-6-8-15-28-2/h11-14,17-18,21H,3-10,15-16,19H2,1-2H3. The van der Waals surface area contributed by atoms with Gasteiger partial charge in [0.2, 0.25) is 0 Å². The smallest absolute Gasteiger partial charge is 0.159 e. The number of halogens is 1. The van der Waals surface area contributed by atoms with E-state index in [-0.39, 0.29) is 6.61 Å². The predicted molar refractivity (Wildman–Crippen MR) is 118 cm³/mol. The van der Waals surface area contributed by atoms with Crippen LogP contribution < -0.4 is 9.47 Å². The molecule has 2 rings (SSSR count). The molecule has 1 aromatic heterocycles. The zero-order chi connectivity index (χ0) is 21.4. The molecule has 0 fully saturated rings. The van der Waals surface area contributed by atoms with Crippen molar-refractivity contribution in [2.24, 2.45) is 0 Å². The zero-order valence-corrected chi connectivity index (χ0v) is 18.3. The van der Waals surface area contributed by atoms with Crippen molar-refractivity contribution in [1.29, 1.82) is 0 Å². The Morgan fingerprint density at radius 2 is 1.53 bits per heavy atom. The second-order valence-corrected chi connectivity index (χ2v) is 7.43. The third-order valence-corrected chi connectivity index (χ3v) is 4.80. The van der Waals surface area contributed by atoms with E-state index in [9.17, 15) is 4.39 Å². The predicted octanol–water partition coefficient (Wildman–Crippen LogP) is 6.03. The molecule has 0 bridgehead atoms. The molecule has 0 amide bonds. The molecule has 0 N–H and O–H groups in total. The maximum atomic E-state index is 13.9. The van der Waals surface area contributed by atoms with Gasteiger partial charge in [0, 0.05) is 19.3 Å². The molecule has 30 heavy (non-hydrogen) atoms. The number of methoxy groups -OCH3 is 1. The van der Waals surface area contributed by atoms with Gasteiger partial charge in [0.1, 0.15) is 18.5 Å². The lowest BCUT2D eigenvalue weighted by atomic mass is 10.1. The van der Waals surface area contributed by atoms with Crippen LogP contribution in [0.25, 0.3) is 11.4 Å². The molecule has 1 atom stereocenters. The van der Waals surface area contributed by atoms with Gasteiger partial charge in [-0.05, 0) is 43.5 Å². The molecule has 0 aliphatic carbocycles. The molecule has 6 heteroatoms. The van der Waals surface area contributed by atoms with Gasteiger partial charge in [0.15, 0.2) is 11.6 Å². The number of nitrogens with zero attached hydrogens (tertiary/aromatic N) is 2. The van der Waals surface area contributed by atoms with Crippen molar-refractivity contribution >= 4 is 0 Å². The number of rotatable bonds is 16. The van der Waals surface area contributed by atoms with E-state index < -0.39 is 6.17 Å². The number of hydrogen-bond donors (Lipinski definition) is 0.